The van der Waals surface area contributed by atoms with E-state index in [2.05, 4.69) is 0 Å². The fourth-order valence-corrected chi connectivity index (χ4v) is 0.844. The van der Waals surface area contributed by atoms with Crippen molar-refractivity contribution >= 4 is 17.0 Å². The van der Waals surface area contributed by atoms with Crippen molar-refractivity contribution in [3.63, 3.8) is 0 Å². The quantitative estimate of drug-likeness (QED) is 0.506. The van der Waals surface area contributed by atoms with Crippen molar-refractivity contribution < 1.29 is 23.8 Å². The van der Waals surface area contributed by atoms with Crippen LogP contribution in [0, 0.1) is 0 Å². The van der Waals surface area contributed by atoms with Crippen LogP contribution in [0.1, 0.15) is 13.3 Å². The third kappa shape index (κ3) is 4.07. The number of hydrogen-bond acceptors (Lipinski definition) is 3. The van der Waals surface area contributed by atoms with Gasteiger partial charge in [-0.05, 0) is 6.92 Å². The molecule has 0 saturated heterocycles. The standard InChI is InChI=1S/C5H10O5S/c1-3(11(9)10)2-4(6)5(7)8/h3-4,6H,2H2,1H3,(H,7,8)(H,9,10). The summed E-state index contributed by atoms with van der Waals surface area (Å²) >= 11 is -2.07. The first kappa shape index (κ1) is 10.5. The molecule has 0 radical (unpaired) electrons. The average Bonchev–Trinajstić information content (AvgIpc) is 1.87. The van der Waals surface area contributed by atoms with Gasteiger partial charge in [0.25, 0.3) is 0 Å². The Balaban J connectivity index is 3.84. The molecule has 0 rings (SSSR count). The van der Waals surface area contributed by atoms with E-state index in [9.17, 15) is 9.00 Å². The summed E-state index contributed by atoms with van der Waals surface area (Å²) in [6.45, 7) is 1.39. The van der Waals surface area contributed by atoms with Gasteiger partial charge in [-0.3, -0.25) is 0 Å². The highest BCUT2D eigenvalue weighted by molar-refractivity contribution is 7.79. The van der Waals surface area contributed by atoms with E-state index in [1.54, 1.807) is 0 Å². The number of carboxylic acid groups (broad SMARTS) is 1. The Kier molecular flexibility index (Phi) is 4.24. The topological polar surface area (TPSA) is 94.8 Å². The van der Waals surface area contributed by atoms with Crippen LogP contribution in [0.3, 0.4) is 0 Å². The molecule has 0 saturated carbocycles. The van der Waals surface area contributed by atoms with Gasteiger partial charge in [-0.1, -0.05) is 0 Å². The number of aliphatic hydroxyl groups excluding tert-OH is 1. The first-order valence-corrected chi connectivity index (χ1v) is 4.12. The number of carbonyl (C=O) groups is 1. The second-order valence-corrected chi connectivity index (χ2v) is 3.53. The number of aliphatic carboxylic acids is 1. The molecule has 0 fully saturated rings. The maximum Gasteiger partial charge on any atom is 0.332 e. The summed E-state index contributed by atoms with van der Waals surface area (Å²) in [7, 11) is 0. The Morgan fingerprint density at radius 3 is 2.36 bits per heavy atom. The first-order valence-electron chi connectivity index (χ1n) is 2.95. The molecule has 0 aromatic carbocycles. The Labute approximate surface area is 66.3 Å². The minimum atomic E-state index is -2.07. The minimum absolute atomic E-state index is 0.210. The van der Waals surface area contributed by atoms with Gasteiger partial charge in [0.15, 0.2) is 17.2 Å². The fourth-order valence-electron chi connectivity index (χ4n) is 0.498. The van der Waals surface area contributed by atoms with Gasteiger partial charge in [0.2, 0.25) is 0 Å². The molecule has 6 heteroatoms. The van der Waals surface area contributed by atoms with E-state index in [1.807, 2.05) is 0 Å². The second kappa shape index (κ2) is 4.42. The van der Waals surface area contributed by atoms with Crippen molar-refractivity contribution in [2.24, 2.45) is 0 Å². The second-order valence-electron chi connectivity index (χ2n) is 2.18. The number of hydrogen-bond donors (Lipinski definition) is 3. The van der Waals surface area contributed by atoms with E-state index in [0.29, 0.717) is 0 Å². The maximum atomic E-state index is 10.3. The van der Waals surface area contributed by atoms with Gasteiger partial charge in [0.1, 0.15) is 0 Å². The van der Waals surface area contributed by atoms with Crippen LogP contribution in [0.2, 0.25) is 0 Å². The largest absolute Gasteiger partial charge is 0.479 e. The Morgan fingerprint density at radius 2 is 2.09 bits per heavy atom. The van der Waals surface area contributed by atoms with E-state index in [1.165, 1.54) is 6.92 Å². The van der Waals surface area contributed by atoms with E-state index in [-0.39, 0.29) is 6.42 Å². The van der Waals surface area contributed by atoms with Crippen LogP contribution in [-0.2, 0) is 15.9 Å². The molecule has 3 atom stereocenters. The van der Waals surface area contributed by atoms with Gasteiger partial charge in [-0.2, -0.15) is 0 Å². The molecule has 3 unspecified atom stereocenters. The SMILES string of the molecule is CC(CC(O)C(=O)O)S(=O)O. The molecule has 3 N–H and O–H groups in total. The fraction of sp³-hybridized carbons (Fsp3) is 0.800. The van der Waals surface area contributed by atoms with Crippen LogP contribution in [-0.4, -0.2) is 36.3 Å². The van der Waals surface area contributed by atoms with Gasteiger partial charge in [0.05, 0.1) is 5.25 Å². The van der Waals surface area contributed by atoms with Crippen LogP contribution >= 0.6 is 0 Å². The molecular formula is C5H10O5S. The zero-order valence-corrected chi connectivity index (χ0v) is 6.74. The Hall–Kier alpha value is -0.460. The lowest BCUT2D eigenvalue weighted by Crippen LogP contribution is -2.26. The highest BCUT2D eigenvalue weighted by atomic mass is 32.2. The van der Waals surface area contributed by atoms with Crippen molar-refractivity contribution in [2.45, 2.75) is 24.7 Å². The van der Waals surface area contributed by atoms with Gasteiger partial charge >= 0.3 is 5.97 Å². The lowest BCUT2D eigenvalue weighted by Gasteiger charge is -2.08. The summed E-state index contributed by atoms with van der Waals surface area (Å²) in [5.74, 6) is -1.37. The van der Waals surface area contributed by atoms with E-state index in [4.69, 9.17) is 14.8 Å². The molecule has 5 nitrogen and oxygen atoms in total. The van der Waals surface area contributed by atoms with E-state index < -0.39 is 28.4 Å². The minimum Gasteiger partial charge on any atom is -0.479 e. The predicted molar refractivity (Wildman–Crippen MR) is 38.5 cm³/mol. The molecule has 0 aromatic rings. The van der Waals surface area contributed by atoms with Gasteiger partial charge < -0.3 is 14.8 Å². The molecule has 11 heavy (non-hydrogen) atoms. The third-order valence-electron chi connectivity index (χ3n) is 1.18. The van der Waals surface area contributed by atoms with Crippen LogP contribution in [0.4, 0.5) is 0 Å². The third-order valence-corrected chi connectivity index (χ3v) is 2.07. The van der Waals surface area contributed by atoms with E-state index in [0.717, 1.165) is 0 Å². The zero-order valence-electron chi connectivity index (χ0n) is 5.93. The smallest absolute Gasteiger partial charge is 0.332 e. The number of carboxylic acids is 1. The monoisotopic (exact) mass is 182 g/mol. The number of rotatable bonds is 4. The van der Waals surface area contributed by atoms with Crippen LogP contribution in [0.15, 0.2) is 0 Å². The van der Waals surface area contributed by atoms with Gasteiger partial charge in [0, 0.05) is 6.42 Å². The normalized spacial score (nSPS) is 18.8. The molecule has 0 aliphatic carbocycles. The van der Waals surface area contributed by atoms with Gasteiger partial charge in [-0.25, -0.2) is 9.00 Å². The maximum absolute atomic E-state index is 10.3. The average molecular weight is 182 g/mol. The van der Waals surface area contributed by atoms with Crippen molar-refractivity contribution in [3.05, 3.63) is 0 Å². The lowest BCUT2D eigenvalue weighted by molar-refractivity contribution is -0.146. The lowest BCUT2D eigenvalue weighted by atomic mass is 10.2. The molecule has 0 aliphatic heterocycles. The molecular weight excluding hydrogens is 172 g/mol. The first-order chi connectivity index (χ1) is 4.95. The predicted octanol–water partition coefficient (Wildman–Crippen LogP) is -0.568. The zero-order chi connectivity index (χ0) is 9.02. The van der Waals surface area contributed by atoms with Crippen LogP contribution in [0.25, 0.3) is 0 Å². The van der Waals surface area contributed by atoms with E-state index >= 15 is 0 Å². The Bertz CT molecular complexity index is 150. The number of aliphatic hydroxyl groups is 1. The highest BCUT2D eigenvalue weighted by Crippen LogP contribution is 2.03. The molecule has 0 spiro atoms. The van der Waals surface area contributed by atoms with Crippen molar-refractivity contribution in [1.29, 1.82) is 0 Å². The molecule has 0 bridgehead atoms. The summed E-state index contributed by atoms with van der Waals surface area (Å²) in [6.07, 6.45) is -1.76. The summed E-state index contributed by atoms with van der Waals surface area (Å²) in [6, 6.07) is 0. The summed E-state index contributed by atoms with van der Waals surface area (Å²) in [4.78, 5) is 10.0. The van der Waals surface area contributed by atoms with Crippen molar-refractivity contribution in [2.75, 3.05) is 0 Å². The van der Waals surface area contributed by atoms with Crippen molar-refractivity contribution in [1.82, 2.24) is 0 Å². The van der Waals surface area contributed by atoms with Gasteiger partial charge in [-0.15, -0.1) is 0 Å². The van der Waals surface area contributed by atoms with Crippen LogP contribution < -0.4 is 0 Å². The highest BCUT2D eigenvalue weighted by Gasteiger charge is 2.19. The van der Waals surface area contributed by atoms with Crippen LogP contribution in [0.5, 0.6) is 0 Å². The van der Waals surface area contributed by atoms with Crippen molar-refractivity contribution in [3.8, 4) is 0 Å². The molecule has 0 aliphatic rings. The molecule has 66 valence electrons. The summed E-state index contributed by atoms with van der Waals surface area (Å²) in [5, 5.41) is 16.2. The molecule has 0 heterocycles. The molecule has 0 aromatic heterocycles. The molecule has 0 amide bonds. The summed E-state index contributed by atoms with van der Waals surface area (Å²) < 4.78 is 18.7. The summed E-state index contributed by atoms with van der Waals surface area (Å²) in [5.41, 5.74) is 0. The Morgan fingerprint density at radius 1 is 1.64 bits per heavy atom.